The minimum absolute atomic E-state index is 0.0430. The summed E-state index contributed by atoms with van der Waals surface area (Å²) in [5.74, 6) is -0.966. The van der Waals surface area contributed by atoms with Gasteiger partial charge in [0.05, 0.1) is 16.5 Å². The van der Waals surface area contributed by atoms with Gasteiger partial charge in [0, 0.05) is 6.61 Å². The summed E-state index contributed by atoms with van der Waals surface area (Å²) in [5, 5.41) is 8.80. The first kappa shape index (κ1) is 8.65. The van der Waals surface area contributed by atoms with Gasteiger partial charge in [-0.2, -0.15) is 0 Å². The lowest BCUT2D eigenvalue weighted by molar-refractivity contribution is 0.0677. The molecule has 1 unspecified atom stereocenters. The van der Waals surface area contributed by atoms with Gasteiger partial charge in [-0.25, -0.2) is 9.78 Å². The number of aromatic nitrogens is 1. The third-order valence-electron chi connectivity index (χ3n) is 2.02. The van der Waals surface area contributed by atoms with E-state index >= 15 is 0 Å². The molecule has 13 heavy (non-hydrogen) atoms. The van der Waals surface area contributed by atoms with Gasteiger partial charge in [0.1, 0.15) is 0 Å². The number of thiazole rings is 1. The van der Waals surface area contributed by atoms with Crippen LogP contribution in [0.4, 0.5) is 0 Å². The SMILES string of the molecule is O=C(O)c1ncsc1C1CCCO1. The van der Waals surface area contributed by atoms with Crippen LogP contribution in [0.2, 0.25) is 0 Å². The quantitative estimate of drug-likeness (QED) is 0.787. The van der Waals surface area contributed by atoms with E-state index in [-0.39, 0.29) is 11.8 Å². The van der Waals surface area contributed by atoms with E-state index in [9.17, 15) is 4.79 Å². The summed E-state index contributed by atoms with van der Waals surface area (Å²) in [6.45, 7) is 0.724. The monoisotopic (exact) mass is 199 g/mol. The molecule has 1 N–H and O–H groups in total. The third-order valence-corrected chi connectivity index (χ3v) is 2.94. The van der Waals surface area contributed by atoms with Gasteiger partial charge in [-0.3, -0.25) is 0 Å². The fourth-order valence-corrected chi connectivity index (χ4v) is 2.29. The van der Waals surface area contributed by atoms with Gasteiger partial charge in [-0.15, -0.1) is 11.3 Å². The highest BCUT2D eigenvalue weighted by molar-refractivity contribution is 7.10. The van der Waals surface area contributed by atoms with Crippen LogP contribution in [0.25, 0.3) is 0 Å². The number of rotatable bonds is 2. The van der Waals surface area contributed by atoms with E-state index in [0.29, 0.717) is 0 Å². The van der Waals surface area contributed by atoms with Crippen molar-refractivity contribution >= 4 is 17.3 Å². The fourth-order valence-electron chi connectivity index (χ4n) is 1.43. The molecule has 1 fully saturated rings. The molecule has 1 aliphatic heterocycles. The predicted octanol–water partition coefficient (Wildman–Crippen LogP) is 1.69. The molecule has 1 aromatic rings. The van der Waals surface area contributed by atoms with Crippen molar-refractivity contribution in [3.05, 3.63) is 16.1 Å². The summed E-state index contributed by atoms with van der Waals surface area (Å²) in [6.07, 6.45) is 1.86. The van der Waals surface area contributed by atoms with Crippen LogP contribution in [0, 0.1) is 0 Å². The van der Waals surface area contributed by atoms with Crippen molar-refractivity contribution in [3.63, 3.8) is 0 Å². The van der Waals surface area contributed by atoms with Crippen LogP contribution in [0.1, 0.15) is 34.3 Å². The van der Waals surface area contributed by atoms with Gasteiger partial charge in [-0.1, -0.05) is 0 Å². The Morgan fingerprint density at radius 3 is 3.23 bits per heavy atom. The van der Waals surface area contributed by atoms with Gasteiger partial charge >= 0.3 is 5.97 Å². The average Bonchev–Trinajstić information content (AvgIpc) is 2.74. The Morgan fingerprint density at radius 1 is 1.77 bits per heavy atom. The van der Waals surface area contributed by atoms with Crippen molar-refractivity contribution in [2.75, 3.05) is 6.61 Å². The number of aromatic carboxylic acids is 1. The van der Waals surface area contributed by atoms with Gasteiger partial charge in [0.25, 0.3) is 0 Å². The van der Waals surface area contributed by atoms with Crippen LogP contribution in [0.3, 0.4) is 0 Å². The standard InChI is InChI=1S/C8H9NO3S/c10-8(11)6-7(13-4-9-6)5-2-1-3-12-5/h4-5H,1-3H2,(H,10,11). The first-order valence-electron chi connectivity index (χ1n) is 4.07. The zero-order chi connectivity index (χ0) is 9.26. The van der Waals surface area contributed by atoms with Crippen molar-refractivity contribution in [1.29, 1.82) is 0 Å². The van der Waals surface area contributed by atoms with E-state index < -0.39 is 5.97 Å². The number of carbonyl (C=O) groups is 1. The molecule has 0 bridgehead atoms. The molecule has 1 aromatic heterocycles. The lowest BCUT2D eigenvalue weighted by Crippen LogP contribution is -2.04. The normalized spacial score (nSPS) is 22.0. The second-order valence-corrected chi connectivity index (χ2v) is 3.76. The average molecular weight is 199 g/mol. The maximum atomic E-state index is 10.7. The Hall–Kier alpha value is -0.940. The predicted molar refractivity (Wildman–Crippen MR) is 47.0 cm³/mol. The van der Waals surface area contributed by atoms with Crippen molar-refractivity contribution in [2.45, 2.75) is 18.9 Å². The summed E-state index contributed by atoms with van der Waals surface area (Å²) in [5.41, 5.74) is 1.71. The fraction of sp³-hybridized carbons (Fsp3) is 0.500. The Morgan fingerprint density at radius 2 is 2.62 bits per heavy atom. The van der Waals surface area contributed by atoms with Gasteiger partial charge < -0.3 is 9.84 Å². The molecule has 1 aliphatic rings. The number of hydrogen-bond acceptors (Lipinski definition) is 4. The third kappa shape index (κ3) is 1.57. The number of carboxylic acid groups (broad SMARTS) is 1. The van der Waals surface area contributed by atoms with Crippen molar-refractivity contribution in [3.8, 4) is 0 Å². The van der Waals surface area contributed by atoms with E-state index in [4.69, 9.17) is 9.84 Å². The van der Waals surface area contributed by atoms with E-state index in [1.54, 1.807) is 5.51 Å². The van der Waals surface area contributed by atoms with E-state index in [1.165, 1.54) is 11.3 Å². The Kier molecular flexibility index (Phi) is 2.28. The largest absolute Gasteiger partial charge is 0.476 e. The van der Waals surface area contributed by atoms with Crippen LogP contribution in [0.15, 0.2) is 5.51 Å². The maximum absolute atomic E-state index is 10.7. The zero-order valence-corrected chi connectivity index (χ0v) is 7.71. The summed E-state index contributed by atoms with van der Waals surface area (Å²) >= 11 is 1.36. The molecule has 4 nitrogen and oxygen atoms in total. The van der Waals surface area contributed by atoms with Gasteiger partial charge in [0.15, 0.2) is 5.69 Å². The Labute approximate surface area is 79.2 Å². The second kappa shape index (κ2) is 3.43. The molecule has 70 valence electrons. The lowest BCUT2D eigenvalue weighted by Gasteiger charge is -2.06. The topological polar surface area (TPSA) is 59.4 Å². The maximum Gasteiger partial charge on any atom is 0.355 e. The second-order valence-electron chi connectivity index (χ2n) is 2.87. The van der Waals surface area contributed by atoms with Crippen molar-refractivity contribution in [2.24, 2.45) is 0 Å². The molecule has 5 heteroatoms. The van der Waals surface area contributed by atoms with E-state index in [1.807, 2.05) is 0 Å². The molecule has 0 saturated carbocycles. The van der Waals surface area contributed by atoms with Gasteiger partial charge in [-0.05, 0) is 12.8 Å². The zero-order valence-electron chi connectivity index (χ0n) is 6.90. The lowest BCUT2D eigenvalue weighted by atomic mass is 10.2. The molecule has 1 atom stereocenters. The molecular weight excluding hydrogens is 190 g/mol. The minimum atomic E-state index is -0.966. The number of ether oxygens (including phenoxy) is 1. The summed E-state index contributed by atoms with van der Waals surface area (Å²) in [4.78, 5) is 15.3. The summed E-state index contributed by atoms with van der Waals surface area (Å²) < 4.78 is 5.40. The van der Waals surface area contributed by atoms with Crippen LogP contribution in [-0.4, -0.2) is 22.7 Å². The van der Waals surface area contributed by atoms with Crippen LogP contribution in [0.5, 0.6) is 0 Å². The molecular formula is C8H9NO3S. The summed E-state index contributed by atoms with van der Waals surface area (Å²) in [7, 11) is 0. The van der Waals surface area contributed by atoms with Crippen molar-refractivity contribution < 1.29 is 14.6 Å². The van der Waals surface area contributed by atoms with Crippen LogP contribution >= 0.6 is 11.3 Å². The van der Waals surface area contributed by atoms with Crippen LogP contribution < -0.4 is 0 Å². The number of carboxylic acids is 1. The molecule has 1 saturated heterocycles. The first-order valence-corrected chi connectivity index (χ1v) is 4.95. The number of nitrogens with zero attached hydrogens (tertiary/aromatic N) is 1. The highest BCUT2D eigenvalue weighted by Gasteiger charge is 2.25. The van der Waals surface area contributed by atoms with Crippen molar-refractivity contribution in [1.82, 2.24) is 4.98 Å². The highest BCUT2D eigenvalue weighted by atomic mass is 32.1. The smallest absolute Gasteiger partial charge is 0.355 e. The Balaban J connectivity index is 2.28. The minimum Gasteiger partial charge on any atom is -0.476 e. The molecule has 2 rings (SSSR count). The molecule has 0 aromatic carbocycles. The molecule has 0 radical (unpaired) electrons. The molecule has 0 aliphatic carbocycles. The number of hydrogen-bond donors (Lipinski definition) is 1. The van der Waals surface area contributed by atoms with Gasteiger partial charge in [0.2, 0.25) is 0 Å². The highest BCUT2D eigenvalue weighted by Crippen LogP contribution is 2.33. The molecule has 2 heterocycles. The first-order chi connectivity index (χ1) is 6.29. The van der Waals surface area contributed by atoms with E-state index in [2.05, 4.69) is 4.98 Å². The molecule has 0 amide bonds. The van der Waals surface area contributed by atoms with E-state index in [0.717, 1.165) is 24.3 Å². The Bertz CT molecular complexity index is 317. The summed E-state index contributed by atoms with van der Waals surface area (Å²) in [6, 6.07) is 0. The van der Waals surface area contributed by atoms with Crippen LogP contribution in [-0.2, 0) is 4.74 Å². The molecule has 0 spiro atoms.